The van der Waals surface area contributed by atoms with Gasteiger partial charge in [0.1, 0.15) is 0 Å². The molecule has 0 radical (unpaired) electrons. The Hall–Kier alpha value is -1.59. The number of rotatable bonds is 6. The molecule has 2 aliphatic rings. The SMILES string of the molecule is CN=C(NCc1ccccc1CN1CCCC(C)C1)NCC1CCCO1. The van der Waals surface area contributed by atoms with Crippen molar-refractivity contribution in [3.8, 4) is 0 Å². The summed E-state index contributed by atoms with van der Waals surface area (Å²) in [6.45, 7) is 8.36. The molecule has 2 aliphatic heterocycles. The van der Waals surface area contributed by atoms with E-state index in [0.29, 0.717) is 6.10 Å². The zero-order valence-electron chi connectivity index (χ0n) is 16.3. The lowest BCUT2D eigenvalue weighted by Gasteiger charge is -2.31. The number of piperidine rings is 1. The fourth-order valence-electron chi connectivity index (χ4n) is 3.97. The van der Waals surface area contributed by atoms with E-state index in [1.54, 1.807) is 0 Å². The largest absolute Gasteiger partial charge is 0.376 e. The van der Waals surface area contributed by atoms with Crippen LogP contribution in [-0.2, 0) is 17.8 Å². The lowest BCUT2D eigenvalue weighted by atomic mass is 9.99. The second-order valence-corrected chi connectivity index (χ2v) is 7.69. The second kappa shape index (κ2) is 9.93. The molecule has 2 N–H and O–H groups in total. The maximum Gasteiger partial charge on any atom is 0.191 e. The van der Waals surface area contributed by atoms with Gasteiger partial charge in [0.15, 0.2) is 5.96 Å². The summed E-state index contributed by atoms with van der Waals surface area (Å²) >= 11 is 0. The van der Waals surface area contributed by atoms with Crippen molar-refractivity contribution in [1.82, 2.24) is 15.5 Å². The number of aliphatic imine (C=N–C) groups is 1. The van der Waals surface area contributed by atoms with Gasteiger partial charge >= 0.3 is 0 Å². The minimum atomic E-state index is 0.321. The van der Waals surface area contributed by atoms with Crippen LogP contribution < -0.4 is 10.6 Å². The standard InChI is InChI=1S/C21H34N4O/c1-17-7-5-11-25(15-17)16-19-9-4-3-8-18(19)13-23-21(22-2)24-14-20-10-6-12-26-20/h3-4,8-9,17,20H,5-7,10-16H2,1-2H3,(H2,22,23,24). The van der Waals surface area contributed by atoms with Gasteiger partial charge < -0.3 is 15.4 Å². The first-order valence-electron chi connectivity index (χ1n) is 10.1. The number of hydrogen-bond acceptors (Lipinski definition) is 3. The lowest BCUT2D eigenvalue weighted by molar-refractivity contribution is 0.114. The van der Waals surface area contributed by atoms with Crippen LogP contribution in [0.3, 0.4) is 0 Å². The van der Waals surface area contributed by atoms with Gasteiger partial charge in [0.25, 0.3) is 0 Å². The van der Waals surface area contributed by atoms with Gasteiger partial charge in [-0.2, -0.15) is 0 Å². The highest BCUT2D eigenvalue weighted by molar-refractivity contribution is 5.79. The molecule has 0 bridgehead atoms. The molecule has 5 nitrogen and oxygen atoms in total. The normalized spacial score (nSPS) is 24.6. The van der Waals surface area contributed by atoms with Crippen molar-refractivity contribution in [3.63, 3.8) is 0 Å². The van der Waals surface area contributed by atoms with Gasteiger partial charge in [-0.05, 0) is 49.3 Å². The molecule has 1 aromatic carbocycles. The third-order valence-electron chi connectivity index (χ3n) is 5.44. The van der Waals surface area contributed by atoms with Crippen molar-refractivity contribution in [3.05, 3.63) is 35.4 Å². The zero-order chi connectivity index (χ0) is 18.2. The second-order valence-electron chi connectivity index (χ2n) is 7.69. The van der Waals surface area contributed by atoms with E-state index in [0.717, 1.165) is 44.5 Å². The summed E-state index contributed by atoms with van der Waals surface area (Å²) < 4.78 is 5.67. The number of ether oxygens (including phenoxy) is 1. The van der Waals surface area contributed by atoms with Crippen LogP contribution in [-0.4, -0.2) is 50.3 Å². The molecule has 0 saturated carbocycles. The first kappa shape index (κ1) is 19.2. The quantitative estimate of drug-likeness (QED) is 0.606. The van der Waals surface area contributed by atoms with Gasteiger partial charge in [-0.15, -0.1) is 0 Å². The maximum absolute atomic E-state index is 5.67. The molecule has 0 aromatic heterocycles. The molecule has 0 spiro atoms. The molecule has 0 aliphatic carbocycles. The zero-order valence-corrected chi connectivity index (χ0v) is 16.3. The van der Waals surface area contributed by atoms with Crippen LogP contribution in [0, 0.1) is 5.92 Å². The summed E-state index contributed by atoms with van der Waals surface area (Å²) in [5.41, 5.74) is 2.77. The summed E-state index contributed by atoms with van der Waals surface area (Å²) in [5, 5.41) is 6.85. The Kier molecular flexibility index (Phi) is 7.32. The predicted octanol–water partition coefficient (Wildman–Crippen LogP) is 2.76. The molecule has 3 rings (SSSR count). The fraction of sp³-hybridized carbons (Fsp3) is 0.667. The highest BCUT2D eigenvalue weighted by Crippen LogP contribution is 2.19. The summed E-state index contributed by atoms with van der Waals surface area (Å²) in [7, 11) is 1.83. The molecule has 2 fully saturated rings. The molecule has 5 heteroatoms. The van der Waals surface area contributed by atoms with E-state index in [2.05, 4.69) is 51.7 Å². The Balaban J connectivity index is 1.51. The number of hydrogen-bond donors (Lipinski definition) is 2. The molecule has 144 valence electrons. The smallest absolute Gasteiger partial charge is 0.191 e. The minimum Gasteiger partial charge on any atom is -0.376 e. The highest BCUT2D eigenvalue weighted by Gasteiger charge is 2.18. The van der Waals surface area contributed by atoms with Crippen LogP contribution >= 0.6 is 0 Å². The van der Waals surface area contributed by atoms with Gasteiger partial charge in [-0.3, -0.25) is 9.89 Å². The third-order valence-corrected chi connectivity index (χ3v) is 5.44. The summed E-state index contributed by atoms with van der Waals surface area (Å²) in [6, 6.07) is 8.76. The summed E-state index contributed by atoms with van der Waals surface area (Å²) in [6.07, 6.45) is 5.32. The van der Waals surface area contributed by atoms with Crippen molar-refractivity contribution < 1.29 is 4.74 Å². The maximum atomic E-state index is 5.67. The van der Waals surface area contributed by atoms with E-state index < -0.39 is 0 Å². The van der Waals surface area contributed by atoms with Crippen LogP contribution in [0.2, 0.25) is 0 Å². The van der Waals surface area contributed by atoms with Gasteiger partial charge in [-0.1, -0.05) is 31.2 Å². The Morgan fingerprint density at radius 3 is 2.77 bits per heavy atom. The summed E-state index contributed by atoms with van der Waals surface area (Å²) in [5.74, 6) is 1.66. The van der Waals surface area contributed by atoms with Crippen LogP contribution in [0.1, 0.15) is 43.7 Å². The Morgan fingerprint density at radius 1 is 1.19 bits per heavy atom. The van der Waals surface area contributed by atoms with E-state index >= 15 is 0 Å². The van der Waals surface area contributed by atoms with E-state index in [4.69, 9.17) is 4.74 Å². The molecular formula is C21H34N4O. The molecule has 26 heavy (non-hydrogen) atoms. The molecule has 2 atom stereocenters. The van der Waals surface area contributed by atoms with Crippen molar-refractivity contribution in [1.29, 1.82) is 0 Å². The number of guanidine groups is 1. The van der Waals surface area contributed by atoms with Crippen molar-refractivity contribution in [2.24, 2.45) is 10.9 Å². The minimum absolute atomic E-state index is 0.321. The van der Waals surface area contributed by atoms with E-state index in [1.807, 2.05) is 7.05 Å². The molecule has 2 saturated heterocycles. The fourth-order valence-corrected chi connectivity index (χ4v) is 3.97. The topological polar surface area (TPSA) is 48.9 Å². The molecule has 2 heterocycles. The van der Waals surface area contributed by atoms with Gasteiger partial charge in [0.05, 0.1) is 6.10 Å². The Morgan fingerprint density at radius 2 is 2.04 bits per heavy atom. The van der Waals surface area contributed by atoms with Crippen LogP contribution in [0.25, 0.3) is 0 Å². The lowest BCUT2D eigenvalue weighted by Crippen LogP contribution is -2.41. The van der Waals surface area contributed by atoms with Crippen molar-refractivity contribution >= 4 is 5.96 Å². The van der Waals surface area contributed by atoms with Crippen molar-refractivity contribution in [2.45, 2.75) is 51.8 Å². The van der Waals surface area contributed by atoms with E-state index in [9.17, 15) is 0 Å². The first-order valence-corrected chi connectivity index (χ1v) is 10.1. The number of nitrogens with one attached hydrogen (secondary N) is 2. The van der Waals surface area contributed by atoms with Gasteiger partial charge in [0, 0.05) is 39.8 Å². The van der Waals surface area contributed by atoms with Crippen LogP contribution in [0.4, 0.5) is 0 Å². The molecule has 2 unspecified atom stereocenters. The van der Waals surface area contributed by atoms with Crippen LogP contribution in [0.15, 0.2) is 29.3 Å². The van der Waals surface area contributed by atoms with Crippen molar-refractivity contribution in [2.75, 3.05) is 33.3 Å². The Bertz CT molecular complexity index is 583. The number of likely N-dealkylation sites (tertiary alicyclic amines) is 1. The number of nitrogens with zero attached hydrogens (tertiary/aromatic N) is 2. The Labute approximate surface area is 158 Å². The first-order chi connectivity index (χ1) is 12.7. The van der Waals surface area contributed by atoms with E-state index in [-0.39, 0.29) is 0 Å². The van der Waals surface area contributed by atoms with Gasteiger partial charge in [-0.25, -0.2) is 0 Å². The average molecular weight is 359 g/mol. The molecule has 0 amide bonds. The third kappa shape index (κ3) is 5.71. The summed E-state index contributed by atoms with van der Waals surface area (Å²) in [4.78, 5) is 6.94. The molecule has 1 aromatic rings. The average Bonchev–Trinajstić information content (AvgIpc) is 3.17. The molecular weight excluding hydrogens is 324 g/mol. The highest BCUT2D eigenvalue weighted by atomic mass is 16.5. The van der Waals surface area contributed by atoms with Crippen LogP contribution in [0.5, 0.6) is 0 Å². The van der Waals surface area contributed by atoms with E-state index in [1.165, 1.54) is 43.5 Å². The number of benzene rings is 1. The predicted molar refractivity (Wildman–Crippen MR) is 107 cm³/mol. The van der Waals surface area contributed by atoms with Gasteiger partial charge in [0.2, 0.25) is 0 Å². The monoisotopic (exact) mass is 358 g/mol.